The van der Waals surface area contributed by atoms with Crippen LogP contribution in [0, 0.1) is 11.8 Å². The van der Waals surface area contributed by atoms with Crippen LogP contribution >= 0.6 is 12.1 Å². The molecule has 2 unspecified atom stereocenters. The minimum absolute atomic E-state index is 0.433. The van der Waals surface area contributed by atoms with Gasteiger partial charge in [0.05, 0.1) is 19.3 Å². The highest BCUT2D eigenvalue weighted by atomic mass is 32.2. The summed E-state index contributed by atoms with van der Waals surface area (Å²) in [5.74, 6) is 2.39. The van der Waals surface area contributed by atoms with Crippen molar-refractivity contribution in [3.63, 3.8) is 0 Å². The van der Waals surface area contributed by atoms with Crippen molar-refractivity contribution in [2.45, 2.75) is 51.1 Å². The highest BCUT2D eigenvalue weighted by Gasteiger charge is 2.38. The second-order valence-corrected chi connectivity index (χ2v) is 9.44. The van der Waals surface area contributed by atoms with Crippen LogP contribution in [0.4, 0.5) is 0 Å². The Hall–Kier alpha value is -0.860. The molecule has 0 aromatic carbocycles. The van der Waals surface area contributed by atoms with Gasteiger partial charge in [0, 0.05) is 50.6 Å². The van der Waals surface area contributed by atoms with Crippen LogP contribution in [0.1, 0.15) is 44.1 Å². The van der Waals surface area contributed by atoms with Gasteiger partial charge in [0.15, 0.2) is 0 Å². The van der Waals surface area contributed by atoms with Crippen molar-refractivity contribution in [3.05, 3.63) is 23.9 Å². The van der Waals surface area contributed by atoms with Gasteiger partial charge in [0.1, 0.15) is 6.61 Å². The summed E-state index contributed by atoms with van der Waals surface area (Å²) in [5.41, 5.74) is 6.82. The summed E-state index contributed by atoms with van der Waals surface area (Å²) in [6, 6.07) is 4.35. The van der Waals surface area contributed by atoms with E-state index in [9.17, 15) is 0 Å². The van der Waals surface area contributed by atoms with Gasteiger partial charge >= 0.3 is 0 Å². The molecule has 2 aliphatic heterocycles. The highest BCUT2D eigenvalue weighted by molar-refractivity contribution is 7.94. The summed E-state index contributed by atoms with van der Waals surface area (Å²) < 4.78 is 16.7. The molecule has 28 heavy (non-hydrogen) atoms. The minimum atomic E-state index is 0.433. The van der Waals surface area contributed by atoms with E-state index in [1.54, 1.807) is 6.20 Å². The van der Waals surface area contributed by atoms with E-state index < -0.39 is 0 Å². The molecule has 3 fully saturated rings. The largest absolute Gasteiger partial charge is 0.476 e. The highest BCUT2D eigenvalue weighted by Crippen LogP contribution is 2.40. The lowest BCUT2D eigenvalue weighted by Gasteiger charge is -2.32. The Balaban J connectivity index is 1.38. The summed E-state index contributed by atoms with van der Waals surface area (Å²) in [6.07, 6.45) is 10.1. The molecule has 156 valence electrons. The van der Waals surface area contributed by atoms with Gasteiger partial charge in [0.25, 0.3) is 0 Å². The molecular formula is C21H34N4O2S. The summed E-state index contributed by atoms with van der Waals surface area (Å²) >= 11 is 1.91. The third kappa shape index (κ3) is 5.39. The Morgan fingerprint density at radius 2 is 2.00 bits per heavy atom. The first-order chi connectivity index (χ1) is 13.8. The number of pyridine rings is 1. The quantitative estimate of drug-likeness (QED) is 0.698. The smallest absolute Gasteiger partial charge is 0.213 e. The fraction of sp³-hybridized carbons (Fsp3) is 0.762. The fourth-order valence-corrected chi connectivity index (χ4v) is 5.88. The Labute approximate surface area is 173 Å². The maximum Gasteiger partial charge on any atom is 0.213 e. The van der Waals surface area contributed by atoms with Crippen molar-refractivity contribution in [3.8, 4) is 5.88 Å². The number of morpholine rings is 1. The van der Waals surface area contributed by atoms with Gasteiger partial charge in [-0.2, -0.15) is 0 Å². The van der Waals surface area contributed by atoms with Gasteiger partial charge in [-0.05, 0) is 29.9 Å². The van der Waals surface area contributed by atoms with E-state index in [2.05, 4.69) is 13.6 Å². The molecule has 0 radical (unpaired) electrons. The molecule has 2 saturated heterocycles. The molecule has 0 spiro atoms. The maximum atomic E-state index is 6.12. The topological polar surface area (TPSA) is 63.9 Å². The van der Waals surface area contributed by atoms with Gasteiger partial charge in [-0.3, -0.25) is 0 Å². The number of nitrogens with zero attached hydrogens (tertiary/aromatic N) is 3. The average molecular weight is 407 g/mol. The summed E-state index contributed by atoms with van der Waals surface area (Å²) in [6.45, 7) is 6.07. The molecule has 1 aromatic rings. The molecule has 1 saturated carbocycles. The van der Waals surface area contributed by atoms with Gasteiger partial charge in [-0.15, -0.1) is 0 Å². The van der Waals surface area contributed by atoms with E-state index in [0.29, 0.717) is 25.1 Å². The second kappa shape index (κ2) is 10.3. The zero-order chi connectivity index (χ0) is 19.2. The number of rotatable bonds is 7. The molecule has 3 heterocycles. The molecule has 0 bridgehead atoms. The monoisotopic (exact) mass is 406 g/mol. The third-order valence-electron chi connectivity index (χ3n) is 6.36. The average Bonchev–Trinajstić information content (AvgIpc) is 3.16. The molecule has 6 nitrogen and oxygen atoms in total. The van der Waals surface area contributed by atoms with Crippen LogP contribution in [0.25, 0.3) is 0 Å². The lowest BCUT2D eigenvalue weighted by molar-refractivity contribution is 0.0753. The SMILES string of the molecule is NCc1ccnc(OCC2CC(C3CCCCC3)CN2SN2CCOCC2)c1. The van der Waals surface area contributed by atoms with Crippen molar-refractivity contribution in [2.24, 2.45) is 17.6 Å². The zero-order valence-corrected chi connectivity index (χ0v) is 17.6. The molecule has 2 atom stereocenters. The normalized spacial score (nSPS) is 27.9. The van der Waals surface area contributed by atoms with E-state index in [-0.39, 0.29) is 0 Å². The van der Waals surface area contributed by atoms with Gasteiger partial charge in [0.2, 0.25) is 5.88 Å². The Morgan fingerprint density at radius 3 is 2.79 bits per heavy atom. The molecule has 4 rings (SSSR count). The number of ether oxygens (including phenoxy) is 2. The number of aromatic nitrogens is 1. The lowest BCUT2D eigenvalue weighted by atomic mass is 9.79. The van der Waals surface area contributed by atoms with E-state index >= 15 is 0 Å². The number of hydrogen-bond acceptors (Lipinski definition) is 7. The number of nitrogens with two attached hydrogens (primary N) is 1. The molecule has 1 aliphatic carbocycles. The van der Waals surface area contributed by atoms with Gasteiger partial charge in [-0.1, -0.05) is 32.1 Å². The molecule has 7 heteroatoms. The van der Waals surface area contributed by atoms with Gasteiger partial charge < -0.3 is 15.2 Å². The maximum absolute atomic E-state index is 6.12. The van der Waals surface area contributed by atoms with E-state index in [1.807, 2.05) is 24.3 Å². The van der Waals surface area contributed by atoms with Crippen LogP contribution in [0.5, 0.6) is 5.88 Å². The predicted molar refractivity (Wildman–Crippen MR) is 113 cm³/mol. The predicted octanol–water partition coefficient (Wildman–Crippen LogP) is 3.09. The summed E-state index contributed by atoms with van der Waals surface area (Å²) in [5, 5.41) is 0. The van der Waals surface area contributed by atoms with Crippen molar-refractivity contribution in [1.82, 2.24) is 13.6 Å². The summed E-state index contributed by atoms with van der Waals surface area (Å²) in [4.78, 5) is 4.37. The first-order valence-corrected chi connectivity index (χ1v) is 11.6. The molecule has 2 N–H and O–H groups in total. The fourth-order valence-electron chi connectivity index (χ4n) is 4.73. The van der Waals surface area contributed by atoms with Crippen LogP contribution < -0.4 is 10.5 Å². The minimum Gasteiger partial charge on any atom is -0.476 e. The molecule has 3 aliphatic rings. The van der Waals surface area contributed by atoms with Crippen LogP contribution in [-0.2, 0) is 11.3 Å². The first kappa shape index (κ1) is 20.4. The molecule has 0 amide bonds. The van der Waals surface area contributed by atoms with Crippen molar-refractivity contribution in [1.29, 1.82) is 0 Å². The van der Waals surface area contributed by atoms with Crippen LogP contribution in [0.2, 0.25) is 0 Å². The third-order valence-corrected chi connectivity index (χ3v) is 7.62. The second-order valence-electron chi connectivity index (χ2n) is 8.29. The summed E-state index contributed by atoms with van der Waals surface area (Å²) in [7, 11) is 0. The van der Waals surface area contributed by atoms with Crippen molar-refractivity contribution in [2.75, 3.05) is 39.5 Å². The first-order valence-electron chi connectivity index (χ1n) is 10.9. The number of hydrogen-bond donors (Lipinski definition) is 1. The van der Waals surface area contributed by atoms with Gasteiger partial charge in [-0.25, -0.2) is 13.6 Å². The Morgan fingerprint density at radius 1 is 1.18 bits per heavy atom. The van der Waals surface area contributed by atoms with E-state index in [1.165, 1.54) is 45.1 Å². The standard InChI is InChI=1S/C21H34N4O2S/c22-14-17-6-7-23-21(12-17)27-16-20-13-19(18-4-2-1-3-5-18)15-25(20)28-24-8-10-26-11-9-24/h6-7,12,18-20H,1-5,8-11,13-16,22H2. The van der Waals surface area contributed by atoms with Crippen LogP contribution in [0.3, 0.4) is 0 Å². The van der Waals surface area contributed by atoms with Crippen molar-refractivity contribution >= 4 is 12.1 Å². The van der Waals surface area contributed by atoms with Crippen LogP contribution in [-0.4, -0.2) is 59.1 Å². The van der Waals surface area contributed by atoms with Crippen molar-refractivity contribution < 1.29 is 9.47 Å². The molecule has 1 aromatic heterocycles. The Bertz CT molecular complexity index is 608. The molecular weight excluding hydrogens is 372 g/mol. The van der Waals surface area contributed by atoms with E-state index in [0.717, 1.165) is 43.7 Å². The van der Waals surface area contributed by atoms with E-state index in [4.69, 9.17) is 15.2 Å². The zero-order valence-electron chi connectivity index (χ0n) is 16.8. The van der Waals surface area contributed by atoms with Crippen LogP contribution in [0.15, 0.2) is 18.3 Å². The lowest BCUT2D eigenvalue weighted by Crippen LogP contribution is -2.38. The Kier molecular flexibility index (Phi) is 7.48.